The minimum absolute atomic E-state index is 0.00693. The fourth-order valence-electron chi connectivity index (χ4n) is 3.61. The van der Waals surface area contributed by atoms with E-state index in [0.29, 0.717) is 11.8 Å². The van der Waals surface area contributed by atoms with E-state index >= 15 is 0 Å². The zero-order valence-corrected chi connectivity index (χ0v) is 15.2. The standard InChI is InChI=1S/C21H22N4O2/c26-20(24-12-4-1-5-13-24)15-25-21(27)18-7-3-2-6-17(18)19(23-25)14-16-8-10-22-11-9-16/h2-3,6-11H,1,4-5,12-15H2. The fourth-order valence-corrected chi connectivity index (χ4v) is 3.61. The molecule has 0 unspecified atom stereocenters. The quantitative estimate of drug-likeness (QED) is 0.715. The molecule has 1 fully saturated rings. The van der Waals surface area contributed by atoms with Crippen LogP contribution in [0.1, 0.15) is 30.5 Å². The first-order valence-electron chi connectivity index (χ1n) is 9.38. The largest absolute Gasteiger partial charge is 0.341 e. The molecule has 6 heteroatoms. The number of nitrogens with zero attached hydrogens (tertiary/aromatic N) is 4. The highest BCUT2D eigenvalue weighted by Gasteiger charge is 2.19. The Morgan fingerprint density at radius 2 is 1.67 bits per heavy atom. The number of carbonyl (C=O) groups is 1. The van der Waals surface area contributed by atoms with Gasteiger partial charge in [-0.05, 0) is 43.0 Å². The van der Waals surface area contributed by atoms with E-state index in [1.54, 1.807) is 18.5 Å². The van der Waals surface area contributed by atoms with Crippen molar-refractivity contribution in [3.8, 4) is 0 Å². The van der Waals surface area contributed by atoms with Crippen LogP contribution in [0.3, 0.4) is 0 Å². The second-order valence-electron chi connectivity index (χ2n) is 6.93. The molecule has 1 aliphatic rings. The predicted octanol–water partition coefficient (Wildman–Crippen LogP) is 2.39. The number of pyridine rings is 1. The van der Waals surface area contributed by atoms with Gasteiger partial charge < -0.3 is 4.90 Å². The van der Waals surface area contributed by atoms with Gasteiger partial charge in [0.15, 0.2) is 0 Å². The van der Waals surface area contributed by atoms with Gasteiger partial charge in [0, 0.05) is 37.3 Å². The van der Waals surface area contributed by atoms with Crippen molar-refractivity contribution < 1.29 is 4.79 Å². The first-order chi connectivity index (χ1) is 13.2. The van der Waals surface area contributed by atoms with E-state index in [4.69, 9.17) is 0 Å². The Labute approximate surface area is 157 Å². The highest BCUT2D eigenvalue weighted by Crippen LogP contribution is 2.17. The Bertz CT molecular complexity index is 1010. The summed E-state index contributed by atoms with van der Waals surface area (Å²) in [5, 5.41) is 6.00. The number of benzene rings is 1. The van der Waals surface area contributed by atoms with Crippen LogP contribution < -0.4 is 5.56 Å². The molecule has 6 nitrogen and oxygen atoms in total. The fraction of sp³-hybridized carbons (Fsp3) is 0.333. The van der Waals surface area contributed by atoms with Gasteiger partial charge in [-0.1, -0.05) is 18.2 Å². The average molecular weight is 362 g/mol. The van der Waals surface area contributed by atoms with Crippen molar-refractivity contribution in [1.29, 1.82) is 0 Å². The van der Waals surface area contributed by atoms with Crippen LogP contribution in [0, 0.1) is 0 Å². The summed E-state index contributed by atoms with van der Waals surface area (Å²) in [5.41, 5.74) is 1.65. The van der Waals surface area contributed by atoms with Crippen LogP contribution in [-0.4, -0.2) is 38.7 Å². The number of piperidine rings is 1. The molecular formula is C21H22N4O2. The van der Waals surface area contributed by atoms with E-state index in [-0.39, 0.29) is 18.0 Å². The van der Waals surface area contributed by atoms with Gasteiger partial charge in [0.1, 0.15) is 6.54 Å². The molecule has 0 bridgehead atoms. The third-order valence-electron chi connectivity index (χ3n) is 5.06. The van der Waals surface area contributed by atoms with E-state index < -0.39 is 0 Å². The van der Waals surface area contributed by atoms with Crippen molar-refractivity contribution in [2.24, 2.45) is 0 Å². The number of amides is 1. The number of aromatic nitrogens is 3. The molecular weight excluding hydrogens is 340 g/mol. The van der Waals surface area contributed by atoms with Crippen LogP contribution in [0.4, 0.5) is 0 Å². The van der Waals surface area contributed by atoms with Gasteiger partial charge in [-0.2, -0.15) is 5.10 Å². The molecule has 138 valence electrons. The van der Waals surface area contributed by atoms with E-state index in [1.807, 2.05) is 35.2 Å². The van der Waals surface area contributed by atoms with Crippen LogP contribution in [-0.2, 0) is 17.8 Å². The van der Waals surface area contributed by atoms with Gasteiger partial charge in [-0.3, -0.25) is 14.6 Å². The molecule has 0 N–H and O–H groups in total. The van der Waals surface area contributed by atoms with Crippen molar-refractivity contribution in [3.63, 3.8) is 0 Å². The van der Waals surface area contributed by atoms with Gasteiger partial charge in [-0.25, -0.2) is 4.68 Å². The van der Waals surface area contributed by atoms with E-state index in [9.17, 15) is 9.59 Å². The summed E-state index contributed by atoms with van der Waals surface area (Å²) in [6.07, 6.45) is 7.29. The van der Waals surface area contributed by atoms with Crippen LogP contribution in [0.2, 0.25) is 0 Å². The highest BCUT2D eigenvalue weighted by molar-refractivity contribution is 5.84. The average Bonchev–Trinajstić information content (AvgIpc) is 2.73. The zero-order valence-electron chi connectivity index (χ0n) is 15.2. The second-order valence-corrected chi connectivity index (χ2v) is 6.93. The third-order valence-corrected chi connectivity index (χ3v) is 5.06. The minimum atomic E-state index is -0.213. The predicted molar refractivity (Wildman–Crippen MR) is 103 cm³/mol. The maximum atomic E-state index is 12.9. The van der Waals surface area contributed by atoms with Crippen molar-refractivity contribution >= 4 is 16.7 Å². The maximum absolute atomic E-state index is 12.9. The lowest BCUT2D eigenvalue weighted by molar-refractivity contribution is -0.133. The topological polar surface area (TPSA) is 68.1 Å². The van der Waals surface area contributed by atoms with Crippen LogP contribution in [0.25, 0.3) is 10.8 Å². The Morgan fingerprint density at radius 1 is 0.963 bits per heavy atom. The van der Waals surface area contributed by atoms with Crippen LogP contribution in [0.15, 0.2) is 53.6 Å². The third kappa shape index (κ3) is 3.74. The van der Waals surface area contributed by atoms with Gasteiger partial charge in [0.2, 0.25) is 5.91 Å². The molecule has 0 saturated carbocycles. The number of hydrogen-bond acceptors (Lipinski definition) is 4. The number of carbonyl (C=O) groups excluding carboxylic acids is 1. The Hall–Kier alpha value is -3.02. The first kappa shape index (κ1) is 17.4. The molecule has 0 aliphatic carbocycles. The Balaban J connectivity index is 1.71. The summed E-state index contributed by atoms with van der Waals surface area (Å²) in [4.78, 5) is 31.4. The molecule has 0 spiro atoms. The minimum Gasteiger partial charge on any atom is -0.341 e. The Kier molecular flexibility index (Phi) is 4.96. The van der Waals surface area contributed by atoms with Crippen molar-refractivity contribution in [2.75, 3.05) is 13.1 Å². The normalized spacial score (nSPS) is 14.4. The molecule has 1 aromatic carbocycles. The van der Waals surface area contributed by atoms with Crippen molar-refractivity contribution in [1.82, 2.24) is 19.7 Å². The molecule has 2 aromatic heterocycles. The smallest absolute Gasteiger partial charge is 0.275 e. The number of hydrogen-bond donors (Lipinski definition) is 0. The number of likely N-dealkylation sites (tertiary alicyclic amines) is 1. The monoisotopic (exact) mass is 362 g/mol. The summed E-state index contributed by atoms with van der Waals surface area (Å²) in [6.45, 7) is 1.53. The van der Waals surface area contributed by atoms with Crippen LogP contribution in [0.5, 0.6) is 0 Å². The molecule has 1 saturated heterocycles. The molecule has 1 amide bonds. The molecule has 4 rings (SSSR count). The molecule has 0 atom stereocenters. The van der Waals surface area contributed by atoms with Crippen molar-refractivity contribution in [3.05, 3.63) is 70.4 Å². The van der Waals surface area contributed by atoms with E-state index in [1.165, 1.54) is 4.68 Å². The molecule has 27 heavy (non-hydrogen) atoms. The zero-order chi connectivity index (χ0) is 18.6. The van der Waals surface area contributed by atoms with Crippen LogP contribution >= 0.6 is 0 Å². The summed E-state index contributed by atoms with van der Waals surface area (Å²) >= 11 is 0. The van der Waals surface area contributed by atoms with Gasteiger partial charge in [-0.15, -0.1) is 0 Å². The maximum Gasteiger partial charge on any atom is 0.275 e. The Morgan fingerprint density at radius 3 is 2.41 bits per heavy atom. The molecule has 1 aliphatic heterocycles. The molecule has 3 aromatic rings. The lowest BCUT2D eigenvalue weighted by Crippen LogP contribution is -2.40. The number of rotatable bonds is 4. The summed E-state index contributed by atoms with van der Waals surface area (Å²) < 4.78 is 1.33. The number of fused-ring (bicyclic) bond motifs is 1. The highest BCUT2D eigenvalue weighted by atomic mass is 16.2. The van der Waals surface area contributed by atoms with Gasteiger partial charge >= 0.3 is 0 Å². The second kappa shape index (κ2) is 7.70. The summed E-state index contributed by atoms with van der Waals surface area (Å²) in [5.74, 6) is -0.0329. The first-order valence-corrected chi connectivity index (χ1v) is 9.38. The SMILES string of the molecule is O=C(Cn1nc(Cc2ccncc2)c2ccccc2c1=O)N1CCCCC1. The summed E-state index contributed by atoms with van der Waals surface area (Å²) in [7, 11) is 0. The van der Waals surface area contributed by atoms with E-state index in [2.05, 4.69) is 10.1 Å². The lowest BCUT2D eigenvalue weighted by atomic mass is 10.1. The lowest BCUT2D eigenvalue weighted by Gasteiger charge is -2.26. The van der Waals surface area contributed by atoms with Gasteiger partial charge in [0.25, 0.3) is 5.56 Å². The molecule has 3 heterocycles. The van der Waals surface area contributed by atoms with Gasteiger partial charge in [0.05, 0.1) is 11.1 Å². The summed E-state index contributed by atoms with van der Waals surface area (Å²) in [6, 6.07) is 11.3. The van der Waals surface area contributed by atoms with Crippen molar-refractivity contribution in [2.45, 2.75) is 32.2 Å². The molecule has 0 radical (unpaired) electrons. The van der Waals surface area contributed by atoms with E-state index in [0.717, 1.165) is 49.0 Å².